The van der Waals surface area contributed by atoms with Crippen LogP contribution < -0.4 is 15.0 Å². The lowest BCUT2D eigenvalue weighted by Crippen LogP contribution is -2.45. The lowest BCUT2D eigenvalue weighted by Gasteiger charge is -2.38. The summed E-state index contributed by atoms with van der Waals surface area (Å²) in [6.45, 7) is 5.94. The summed E-state index contributed by atoms with van der Waals surface area (Å²) in [6, 6.07) is 24.9. The standard InChI is InChI=1S/C26H28N2O2/c1-19-7-11-21(12-8-19)16-27-26(29)15-23-18-30-25-6-4-3-5-24(25)28(23)17-22-13-9-20(2)10-14-22/h3-14,23H,15-18H2,1-2H3,(H,27,29). The van der Waals surface area contributed by atoms with Gasteiger partial charge in [-0.3, -0.25) is 4.79 Å². The molecule has 0 radical (unpaired) electrons. The number of nitrogens with one attached hydrogen (secondary N) is 1. The smallest absolute Gasteiger partial charge is 0.222 e. The van der Waals surface area contributed by atoms with Gasteiger partial charge < -0.3 is 15.0 Å². The van der Waals surface area contributed by atoms with E-state index >= 15 is 0 Å². The van der Waals surface area contributed by atoms with Crippen molar-refractivity contribution in [3.63, 3.8) is 0 Å². The van der Waals surface area contributed by atoms with Crippen LogP contribution in [0.25, 0.3) is 0 Å². The molecule has 3 aromatic rings. The van der Waals surface area contributed by atoms with E-state index in [1.165, 1.54) is 16.7 Å². The van der Waals surface area contributed by atoms with Crippen molar-refractivity contribution in [1.29, 1.82) is 0 Å². The monoisotopic (exact) mass is 400 g/mol. The third-order valence-electron chi connectivity index (χ3n) is 5.55. The van der Waals surface area contributed by atoms with Gasteiger partial charge in [0.25, 0.3) is 0 Å². The third-order valence-corrected chi connectivity index (χ3v) is 5.55. The van der Waals surface area contributed by atoms with E-state index in [0.717, 1.165) is 23.5 Å². The number of anilines is 1. The number of fused-ring (bicyclic) bond motifs is 1. The number of benzene rings is 3. The van der Waals surface area contributed by atoms with Gasteiger partial charge in [0.1, 0.15) is 12.4 Å². The first-order valence-corrected chi connectivity index (χ1v) is 10.4. The Bertz CT molecular complexity index is 996. The number of para-hydroxylation sites is 2. The number of carbonyl (C=O) groups excluding carboxylic acids is 1. The summed E-state index contributed by atoms with van der Waals surface area (Å²) in [7, 11) is 0. The van der Waals surface area contributed by atoms with E-state index in [-0.39, 0.29) is 11.9 Å². The van der Waals surface area contributed by atoms with Gasteiger partial charge in [-0.05, 0) is 37.1 Å². The molecule has 1 aliphatic heterocycles. The molecular weight excluding hydrogens is 372 g/mol. The molecule has 0 aromatic heterocycles. The Kier molecular flexibility index (Phi) is 6.03. The van der Waals surface area contributed by atoms with E-state index in [1.54, 1.807) is 0 Å². The highest BCUT2D eigenvalue weighted by atomic mass is 16.5. The quantitative estimate of drug-likeness (QED) is 0.648. The van der Waals surface area contributed by atoms with E-state index < -0.39 is 0 Å². The number of carbonyl (C=O) groups is 1. The van der Waals surface area contributed by atoms with Crippen LogP contribution in [0.15, 0.2) is 72.8 Å². The summed E-state index contributed by atoms with van der Waals surface area (Å²) in [5.41, 5.74) is 5.83. The molecule has 1 N–H and O–H groups in total. The van der Waals surface area contributed by atoms with E-state index in [9.17, 15) is 4.79 Å². The van der Waals surface area contributed by atoms with Crippen molar-refractivity contribution in [2.75, 3.05) is 11.5 Å². The Morgan fingerprint density at radius 3 is 2.27 bits per heavy atom. The first-order chi connectivity index (χ1) is 14.6. The molecule has 0 bridgehead atoms. The summed E-state index contributed by atoms with van der Waals surface area (Å²) in [4.78, 5) is 15.0. The molecule has 0 spiro atoms. The molecule has 1 unspecified atom stereocenters. The molecule has 0 saturated carbocycles. The Labute approximate surface area is 178 Å². The zero-order valence-corrected chi connectivity index (χ0v) is 17.6. The van der Waals surface area contributed by atoms with Gasteiger partial charge in [-0.25, -0.2) is 0 Å². The molecule has 3 aromatic carbocycles. The Balaban J connectivity index is 1.46. The third kappa shape index (κ3) is 4.82. The molecule has 1 heterocycles. The largest absolute Gasteiger partial charge is 0.489 e. The van der Waals surface area contributed by atoms with Crippen LogP contribution in [0.5, 0.6) is 5.75 Å². The summed E-state index contributed by atoms with van der Waals surface area (Å²) < 4.78 is 5.98. The number of nitrogens with zero attached hydrogens (tertiary/aromatic N) is 1. The van der Waals surface area contributed by atoms with Crippen molar-refractivity contribution in [2.45, 2.75) is 39.4 Å². The maximum absolute atomic E-state index is 12.7. The molecule has 0 saturated heterocycles. The van der Waals surface area contributed by atoms with Crippen molar-refractivity contribution >= 4 is 11.6 Å². The molecule has 154 valence electrons. The number of hydrogen-bond acceptors (Lipinski definition) is 3. The highest BCUT2D eigenvalue weighted by Gasteiger charge is 2.29. The molecular formula is C26H28N2O2. The van der Waals surface area contributed by atoms with Gasteiger partial charge in [0.05, 0.1) is 18.2 Å². The number of amides is 1. The molecule has 1 atom stereocenters. The Morgan fingerprint density at radius 2 is 1.57 bits per heavy atom. The topological polar surface area (TPSA) is 41.6 Å². The number of ether oxygens (including phenoxy) is 1. The average Bonchev–Trinajstić information content (AvgIpc) is 2.76. The van der Waals surface area contributed by atoms with Gasteiger partial charge in [0, 0.05) is 13.1 Å². The first kappa shape index (κ1) is 20.0. The van der Waals surface area contributed by atoms with Gasteiger partial charge in [0.15, 0.2) is 0 Å². The predicted molar refractivity (Wildman–Crippen MR) is 121 cm³/mol. The van der Waals surface area contributed by atoms with Crippen molar-refractivity contribution in [3.05, 3.63) is 95.1 Å². The number of hydrogen-bond donors (Lipinski definition) is 1. The van der Waals surface area contributed by atoms with Crippen molar-refractivity contribution in [1.82, 2.24) is 5.32 Å². The summed E-state index contributed by atoms with van der Waals surface area (Å²) in [5, 5.41) is 3.06. The van der Waals surface area contributed by atoms with Crippen LogP contribution in [0.2, 0.25) is 0 Å². The minimum absolute atomic E-state index is 0.0146. The van der Waals surface area contributed by atoms with Crippen LogP contribution in [-0.2, 0) is 17.9 Å². The molecule has 0 aliphatic carbocycles. The van der Waals surface area contributed by atoms with E-state index in [1.807, 2.05) is 18.2 Å². The van der Waals surface area contributed by atoms with Crippen LogP contribution in [0, 0.1) is 13.8 Å². The van der Waals surface area contributed by atoms with Gasteiger partial charge in [-0.2, -0.15) is 0 Å². The fourth-order valence-corrected chi connectivity index (χ4v) is 3.76. The summed E-state index contributed by atoms with van der Waals surface area (Å²) in [6.07, 6.45) is 0.395. The minimum atomic E-state index is -0.0146. The van der Waals surface area contributed by atoms with Crippen LogP contribution in [0.4, 0.5) is 5.69 Å². The van der Waals surface area contributed by atoms with Crippen molar-refractivity contribution in [2.24, 2.45) is 0 Å². The van der Waals surface area contributed by atoms with Crippen LogP contribution in [-0.4, -0.2) is 18.6 Å². The average molecular weight is 401 g/mol. The molecule has 4 rings (SSSR count). The van der Waals surface area contributed by atoms with E-state index in [0.29, 0.717) is 19.6 Å². The SMILES string of the molecule is Cc1ccc(CNC(=O)CC2COc3ccccc3N2Cc2ccc(C)cc2)cc1. The van der Waals surface area contributed by atoms with Gasteiger partial charge in [0.2, 0.25) is 5.91 Å². The molecule has 0 fully saturated rings. The summed E-state index contributed by atoms with van der Waals surface area (Å²) >= 11 is 0. The number of rotatable bonds is 6. The normalized spacial score (nSPS) is 15.3. The maximum atomic E-state index is 12.7. The molecule has 1 aliphatic rings. The van der Waals surface area contributed by atoms with Gasteiger partial charge in [-0.1, -0.05) is 71.8 Å². The van der Waals surface area contributed by atoms with Crippen LogP contribution in [0.1, 0.15) is 28.7 Å². The first-order valence-electron chi connectivity index (χ1n) is 10.4. The molecule has 1 amide bonds. The second-order valence-corrected chi connectivity index (χ2v) is 8.01. The molecule has 30 heavy (non-hydrogen) atoms. The maximum Gasteiger partial charge on any atom is 0.222 e. The van der Waals surface area contributed by atoms with Crippen molar-refractivity contribution in [3.8, 4) is 5.75 Å². The van der Waals surface area contributed by atoms with Gasteiger partial charge >= 0.3 is 0 Å². The second kappa shape index (κ2) is 9.04. The second-order valence-electron chi connectivity index (χ2n) is 8.01. The number of aryl methyl sites for hydroxylation is 2. The predicted octanol–water partition coefficient (Wildman–Crippen LogP) is 4.78. The fourth-order valence-electron chi connectivity index (χ4n) is 3.76. The lowest BCUT2D eigenvalue weighted by atomic mass is 10.1. The zero-order valence-electron chi connectivity index (χ0n) is 17.6. The summed E-state index contributed by atoms with van der Waals surface area (Å²) in [5.74, 6) is 0.915. The molecule has 4 heteroatoms. The molecule has 4 nitrogen and oxygen atoms in total. The van der Waals surface area contributed by atoms with Gasteiger partial charge in [-0.15, -0.1) is 0 Å². The van der Waals surface area contributed by atoms with E-state index in [4.69, 9.17) is 4.74 Å². The van der Waals surface area contributed by atoms with Crippen molar-refractivity contribution < 1.29 is 9.53 Å². The zero-order chi connectivity index (χ0) is 20.9. The van der Waals surface area contributed by atoms with Crippen LogP contribution >= 0.6 is 0 Å². The highest BCUT2D eigenvalue weighted by molar-refractivity contribution is 5.77. The van der Waals surface area contributed by atoms with E-state index in [2.05, 4.69) is 78.7 Å². The Morgan fingerprint density at radius 1 is 0.933 bits per heavy atom. The fraction of sp³-hybridized carbons (Fsp3) is 0.269. The highest BCUT2D eigenvalue weighted by Crippen LogP contribution is 2.35. The van der Waals surface area contributed by atoms with Crippen LogP contribution in [0.3, 0.4) is 0 Å². The Hall–Kier alpha value is -3.27. The minimum Gasteiger partial charge on any atom is -0.489 e. The lowest BCUT2D eigenvalue weighted by molar-refractivity contribution is -0.121.